The number of aromatic nitrogens is 8. The van der Waals surface area contributed by atoms with Crippen LogP contribution in [0.25, 0.3) is 33.5 Å². The van der Waals surface area contributed by atoms with Crippen LogP contribution < -0.4 is 63.5 Å². The highest BCUT2D eigenvalue weighted by molar-refractivity contribution is 6.45. The first-order valence-corrected chi connectivity index (χ1v) is 41.4. The molecule has 0 saturated heterocycles. The maximum absolute atomic E-state index is 12.9. The van der Waals surface area contributed by atoms with Crippen molar-refractivity contribution in [3.63, 3.8) is 0 Å². The molecule has 0 atom stereocenters. The monoisotopic (exact) mass is 1800 g/mol. The molecule has 0 spiro atoms. The average Bonchev–Trinajstić information content (AvgIpc) is 1.69. The lowest BCUT2D eigenvalue weighted by Crippen LogP contribution is -2.23. The Balaban J connectivity index is 0.000000162. The number of carbonyl (C=O) groups excluding carboxylic acids is 4. The summed E-state index contributed by atoms with van der Waals surface area (Å²) in [5, 5.41) is 61.6. The SMILES string of the molecule is CC(C)(C)c1cc(NC(=O)Nc2cccc(Cl)c2Cl)n(-c2ccc3c(c2)C(N)=NCC3)n1.CC(C)(C)c1cc(NC(=O)Nc2cccc(Cl)c2Cl)n(-c2cccc(C(=N)N)c2)n1.CC(C)(C)c1cc(NC(=O)Nc2cccc3ccccc23)n(-c2ccc(OCC(=O)O)cc2)n1.COc1ccc(-n2nc(C(C)(C)C)cc2NC(=O)Nc2cccc(Cl)c2Cl)cc1. The zero-order valence-electron chi connectivity index (χ0n) is 70.6. The van der Waals surface area contributed by atoms with Crippen molar-refractivity contribution >= 4 is 168 Å². The number of hydrogen-bond acceptors (Lipinski definition) is 14. The second kappa shape index (κ2) is 39.6. The third kappa shape index (κ3) is 24.0. The van der Waals surface area contributed by atoms with E-state index in [1.807, 2.05) is 151 Å². The van der Waals surface area contributed by atoms with Crippen LogP contribution in [-0.4, -0.2) is 106 Å². The van der Waals surface area contributed by atoms with Gasteiger partial charge < -0.3 is 47.3 Å². The van der Waals surface area contributed by atoms with E-state index in [2.05, 4.69) is 99.3 Å². The van der Waals surface area contributed by atoms with E-state index in [4.69, 9.17) is 111 Å². The molecule has 34 heteroatoms. The van der Waals surface area contributed by atoms with Gasteiger partial charge in [0, 0.05) is 69.0 Å². The normalized spacial score (nSPS) is 11.8. The number of amides is 8. The van der Waals surface area contributed by atoms with Gasteiger partial charge in [-0.2, -0.15) is 20.4 Å². The predicted octanol–water partition coefficient (Wildman–Crippen LogP) is 22.3. The van der Waals surface area contributed by atoms with Crippen LogP contribution >= 0.6 is 69.6 Å². The molecule has 0 fully saturated rings. The molecule has 4 aromatic heterocycles. The number of amidine groups is 2. The summed E-state index contributed by atoms with van der Waals surface area (Å²) in [4.78, 5) is 66.0. The van der Waals surface area contributed by atoms with Gasteiger partial charge in [-0.05, 0) is 133 Å². The highest BCUT2D eigenvalue weighted by Crippen LogP contribution is 2.37. The standard InChI is InChI=1S/C26H26N4O4.C23H24Cl2N6O.C21H22Cl2N6O.C21H22Cl2N4O2/c1-26(2,3)22-15-23(30(29-22)18-11-13-19(14-12-18)34-16-24(31)32)28-25(33)27-21-10-6-8-17-7-4-5-9-20(17)21;1-23(2,3)18-12-19(29-22(32)28-17-6-4-5-16(24)20(17)25)31(30-18)14-8-7-13-9-10-27-21(26)15(13)11-14;1-21(2,3)16-11-17(27-20(30)26-15-9-5-8-14(22)18(15)23)29(28-16)13-7-4-6-12(10-13)19(24)25;1-21(2,3)17-12-18(27(26-17)13-8-10-14(29-4)11-9-13)25-20(28)24-16-7-5-6-15(22)19(16)23/h4-15H,16H2,1-3H3,(H,31,32)(H2,27,28,33);4-8,11-12H,9-10H2,1-3H3,(H2,26,27)(H2,28,29,32);4-11H,1-3H3,(H3,24,25)(H2,26,27,30);5-12H,1-4H3,(H2,24,25,28). The fourth-order valence-corrected chi connectivity index (χ4v) is 13.3. The third-order valence-corrected chi connectivity index (χ3v) is 21.4. The van der Waals surface area contributed by atoms with E-state index in [0.717, 1.165) is 68.2 Å². The number of benzene rings is 9. The molecule has 28 nitrogen and oxygen atoms in total. The number of hydrogen-bond donors (Lipinski definition) is 12. The fourth-order valence-electron chi connectivity index (χ4n) is 12.2. The number of rotatable bonds is 17. The summed E-state index contributed by atoms with van der Waals surface area (Å²) in [6, 6.07) is 61.5. The summed E-state index contributed by atoms with van der Waals surface area (Å²) in [7, 11) is 1.61. The van der Waals surface area contributed by atoms with Crippen LogP contribution in [-0.2, 0) is 32.9 Å². The lowest BCUT2D eigenvalue weighted by molar-refractivity contribution is -0.139. The van der Waals surface area contributed by atoms with Gasteiger partial charge in [-0.3, -0.25) is 31.7 Å². The number of nitrogens with two attached hydrogens (primary N) is 2. The molecule has 8 amide bonds. The van der Waals surface area contributed by atoms with Crippen molar-refractivity contribution in [3.8, 4) is 34.2 Å². The highest BCUT2D eigenvalue weighted by Gasteiger charge is 2.28. The first-order valence-electron chi connectivity index (χ1n) is 39.1. The number of anilines is 8. The van der Waals surface area contributed by atoms with Gasteiger partial charge in [0.25, 0.3) is 0 Å². The maximum atomic E-state index is 12.9. The average molecular weight is 1810 g/mol. The molecular weight excluding hydrogens is 1710 g/mol. The molecule has 648 valence electrons. The Morgan fingerprint density at radius 2 is 0.776 bits per heavy atom. The number of ether oxygens (including phenoxy) is 2. The number of nitrogens with zero attached hydrogens (tertiary/aromatic N) is 9. The van der Waals surface area contributed by atoms with Gasteiger partial charge in [-0.25, -0.2) is 42.7 Å². The zero-order valence-corrected chi connectivity index (χ0v) is 75.1. The quantitative estimate of drug-likeness (QED) is 0.0298. The number of nitrogens with one attached hydrogen (secondary N) is 9. The Labute approximate surface area is 752 Å². The molecule has 0 unspecified atom stereocenters. The first-order chi connectivity index (χ1) is 59.1. The molecule has 9 aromatic carbocycles. The molecule has 1 aliphatic rings. The van der Waals surface area contributed by atoms with Gasteiger partial charge in [0.2, 0.25) is 0 Å². The molecule has 5 heterocycles. The Hall–Kier alpha value is -13.1. The third-order valence-electron chi connectivity index (χ3n) is 19.0. The molecule has 0 saturated carbocycles. The van der Waals surface area contributed by atoms with E-state index in [-0.39, 0.29) is 48.6 Å². The summed E-state index contributed by atoms with van der Waals surface area (Å²) in [6.45, 7) is 24.9. The van der Waals surface area contributed by atoms with E-state index < -0.39 is 30.7 Å². The summed E-state index contributed by atoms with van der Waals surface area (Å²) in [5.41, 5.74) is 21.5. The number of aliphatic imine (C=N–C) groups is 1. The zero-order chi connectivity index (χ0) is 90.6. The van der Waals surface area contributed by atoms with Crippen LogP contribution in [0.5, 0.6) is 11.5 Å². The number of methoxy groups -OCH3 is 1. The molecule has 0 radical (unpaired) electrons. The fraction of sp³-hybridized carbons (Fsp3) is 0.220. The van der Waals surface area contributed by atoms with E-state index >= 15 is 0 Å². The number of urea groups is 4. The van der Waals surface area contributed by atoms with Gasteiger partial charge in [-0.1, -0.05) is 225 Å². The molecule has 13 aromatic rings. The molecular formula is C91H94Cl6N20O8. The smallest absolute Gasteiger partial charge is 0.341 e. The van der Waals surface area contributed by atoms with Crippen LogP contribution in [0.2, 0.25) is 30.1 Å². The number of fused-ring (bicyclic) bond motifs is 2. The number of carboxylic acids is 1. The number of nitrogen functional groups attached to an aromatic ring is 1. The molecule has 14 rings (SSSR count). The van der Waals surface area contributed by atoms with E-state index in [0.29, 0.717) is 96.2 Å². The van der Waals surface area contributed by atoms with Gasteiger partial charge in [0.1, 0.15) is 46.4 Å². The van der Waals surface area contributed by atoms with Gasteiger partial charge in [0.15, 0.2) is 6.61 Å². The van der Waals surface area contributed by atoms with Crippen LogP contribution in [0.3, 0.4) is 0 Å². The van der Waals surface area contributed by atoms with Crippen molar-refractivity contribution in [2.45, 2.75) is 111 Å². The summed E-state index contributed by atoms with van der Waals surface area (Å²) < 4.78 is 17.0. The second-order valence-corrected chi connectivity index (χ2v) is 35.0. The molecule has 0 aliphatic carbocycles. The topological polar surface area (TPSA) is 380 Å². The number of aliphatic carboxylic acids is 1. The highest BCUT2D eigenvalue weighted by atomic mass is 35.5. The van der Waals surface area contributed by atoms with Crippen LogP contribution in [0.15, 0.2) is 217 Å². The lowest BCUT2D eigenvalue weighted by Gasteiger charge is -2.17. The van der Waals surface area contributed by atoms with Crippen LogP contribution in [0.1, 0.15) is 123 Å². The van der Waals surface area contributed by atoms with Crippen molar-refractivity contribution in [1.82, 2.24) is 39.1 Å². The van der Waals surface area contributed by atoms with Gasteiger partial charge in [0.05, 0.1) is 106 Å². The minimum atomic E-state index is -1.05. The Morgan fingerprint density at radius 3 is 1.18 bits per heavy atom. The maximum Gasteiger partial charge on any atom is 0.341 e. The van der Waals surface area contributed by atoms with Gasteiger partial charge in [-0.15, -0.1) is 0 Å². The molecule has 14 N–H and O–H groups in total. The van der Waals surface area contributed by atoms with Crippen molar-refractivity contribution in [2.75, 3.05) is 62.8 Å². The number of halogens is 6. The number of carboxylic acid groups (broad SMARTS) is 1. The van der Waals surface area contributed by atoms with E-state index in [1.165, 1.54) is 0 Å². The van der Waals surface area contributed by atoms with Crippen molar-refractivity contribution in [1.29, 1.82) is 5.41 Å². The summed E-state index contributed by atoms with van der Waals surface area (Å²) in [5.74, 6) is 2.57. The second-order valence-electron chi connectivity index (χ2n) is 32.7. The van der Waals surface area contributed by atoms with Crippen molar-refractivity contribution < 1.29 is 38.6 Å². The Bertz CT molecular complexity index is 6190. The van der Waals surface area contributed by atoms with E-state index in [1.54, 1.807) is 129 Å². The van der Waals surface area contributed by atoms with Crippen molar-refractivity contribution in [2.24, 2.45) is 16.5 Å². The Morgan fingerprint density at radius 1 is 0.424 bits per heavy atom. The summed E-state index contributed by atoms with van der Waals surface area (Å²) >= 11 is 36.6. The minimum absolute atomic E-state index is 0.0529. The molecule has 125 heavy (non-hydrogen) atoms. The molecule has 1 aliphatic heterocycles. The number of carbonyl (C=O) groups is 5. The van der Waals surface area contributed by atoms with Crippen molar-refractivity contribution in [3.05, 3.63) is 282 Å². The minimum Gasteiger partial charge on any atom is -0.497 e. The summed E-state index contributed by atoms with van der Waals surface area (Å²) in [6.07, 6.45) is 0.844. The lowest BCUT2D eigenvalue weighted by atomic mass is 9.92. The van der Waals surface area contributed by atoms with Gasteiger partial charge >= 0.3 is 30.1 Å². The largest absolute Gasteiger partial charge is 0.497 e. The first kappa shape index (κ1) is 92.6. The van der Waals surface area contributed by atoms with E-state index in [9.17, 15) is 24.0 Å². The van der Waals surface area contributed by atoms with Crippen LogP contribution in [0, 0.1) is 5.41 Å². The Kier molecular flexibility index (Phi) is 29.4. The van der Waals surface area contributed by atoms with Crippen LogP contribution in [0.4, 0.5) is 65.2 Å². The predicted molar refractivity (Wildman–Crippen MR) is 503 cm³/mol. The molecule has 0 bridgehead atoms.